The van der Waals surface area contributed by atoms with Gasteiger partial charge in [0.25, 0.3) is 0 Å². The Hall–Kier alpha value is -6.56. The number of benzene rings is 6. The summed E-state index contributed by atoms with van der Waals surface area (Å²) in [5.74, 6) is -1.13. The van der Waals surface area contributed by atoms with Crippen molar-refractivity contribution in [3.63, 3.8) is 0 Å². The molecule has 0 heterocycles. The van der Waals surface area contributed by atoms with Crippen molar-refractivity contribution in [2.45, 2.75) is 218 Å². The predicted molar refractivity (Wildman–Crippen MR) is 359 cm³/mol. The fourth-order valence-electron chi connectivity index (χ4n) is 11.2. The molecule has 1 aliphatic rings. The summed E-state index contributed by atoms with van der Waals surface area (Å²) in [6.07, 6.45) is 10.7. The van der Waals surface area contributed by atoms with Crippen LogP contribution in [0.15, 0.2) is 182 Å². The molecule has 0 aliphatic heterocycles. The molecular formula is C76H100NO15P. The lowest BCUT2D eigenvalue weighted by Crippen LogP contribution is -2.67. The van der Waals surface area contributed by atoms with Crippen LogP contribution < -0.4 is 5.32 Å². The van der Waals surface area contributed by atoms with Crippen molar-refractivity contribution in [3.8, 4) is 0 Å². The van der Waals surface area contributed by atoms with E-state index in [9.17, 15) is 19.3 Å². The first-order valence-corrected chi connectivity index (χ1v) is 35.3. The molecule has 3 unspecified atom stereocenters. The number of hydrogen-bond acceptors (Lipinski definition) is 14. The maximum atomic E-state index is 15.0. The molecular weight excluding hydrogens is 1200 g/mol. The summed E-state index contributed by atoms with van der Waals surface area (Å²) >= 11 is 0. The number of carbonyl (C=O) groups excluding carboxylic acids is 3. The number of rotatable bonds is 47. The van der Waals surface area contributed by atoms with Crippen molar-refractivity contribution in [1.82, 2.24) is 5.32 Å². The fraction of sp³-hybridized carbons (Fsp3) is 0.487. The van der Waals surface area contributed by atoms with E-state index in [1.54, 1.807) is 0 Å². The minimum atomic E-state index is -5.25. The Kier molecular flexibility index (Phi) is 35.1. The van der Waals surface area contributed by atoms with Crippen molar-refractivity contribution in [3.05, 3.63) is 215 Å². The number of hydrogen-bond donors (Lipinski definition) is 2. The second kappa shape index (κ2) is 44.2. The maximum Gasteiger partial charge on any atom is 0.472 e. The molecule has 6 aromatic rings. The smallest absolute Gasteiger partial charge is 0.462 e. The van der Waals surface area contributed by atoms with E-state index >= 15 is 4.57 Å². The van der Waals surface area contributed by atoms with Crippen LogP contribution in [0.2, 0.25) is 0 Å². The van der Waals surface area contributed by atoms with Gasteiger partial charge in [-0.15, -0.1) is 0 Å². The van der Waals surface area contributed by atoms with Crippen molar-refractivity contribution in [2.24, 2.45) is 0 Å². The SMILES string of the molecule is CCCCCCCCCCCCCCCCCC(=O)O[C@H](COC(=O)CCCCCNC(=O)OCc1ccccc1)COP(=O)(O)OC1[C@H](OCc2ccccc2)[C@H](OCc2ccccc2)C(OCc2ccccc2)[C@H](OCc2ccccc2)[C@H]1OCc1ccccc1. The number of carbonyl (C=O) groups is 3. The van der Waals surface area contributed by atoms with Gasteiger partial charge in [-0.25, -0.2) is 9.36 Å². The fourth-order valence-corrected chi connectivity index (χ4v) is 12.1. The molecule has 0 bridgehead atoms. The monoisotopic (exact) mass is 1300 g/mol. The average Bonchev–Trinajstić information content (AvgIpc) is 0.769. The molecule has 0 radical (unpaired) electrons. The zero-order chi connectivity index (χ0) is 65.2. The molecule has 504 valence electrons. The molecule has 0 aromatic heterocycles. The Morgan fingerprint density at radius 2 is 0.699 bits per heavy atom. The number of ether oxygens (including phenoxy) is 8. The van der Waals surface area contributed by atoms with E-state index in [0.717, 1.165) is 59.1 Å². The summed E-state index contributed by atoms with van der Waals surface area (Å²) in [5, 5.41) is 2.74. The largest absolute Gasteiger partial charge is 0.472 e. The molecule has 1 fully saturated rings. The Labute approximate surface area is 552 Å². The number of unbranched alkanes of at least 4 members (excludes halogenated alkanes) is 16. The lowest BCUT2D eigenvalue weighted by atomic mass is 9.83. The van der Waals surface area contributed by atoms with E-state index in [4.69, 9.17) is 46.9 Å². The average molecular weight is 1300 g/mol. The van der Waals surface area contributed by atoms with Crippen molar-refractivity contribution >= 4 is 25.9 Å². The highest BCUT2D eigenvalue weighted by atomic mass is 31.2. The summed E-state index contributed by atoms with van der Waals surface area (Å²) in [5.41, 5.74) is 5.09. The zero-order valence-corrected chi connectivity index (χ0v) is 55.4. The van der Waals surface area contributed by atoms with Gasteiger partial charge in [-0.2, -0.15) is 0 Å². The molecule has 0 saturated heterocycles. The van der Waals surface area contributed by atoms with E-state index in [2.05, 4.69) is 12.2 Å². The van der Waals surface area contributed by atoms with Crippen LogP contribution in [0.3, 0.4) is 0 Å². The molecule has 6 aromatic carbocycles. The second-order valence-corrected chi connectivity index (χ2v) is 25.3. The Balaban J connectivity index is 1.08. The van der Waals surface area contributed by atoms with Gasteiger partial charge in [0.15, 0.2) is 6.10 Å². The van der Waals surface area contributed by atoms with Crippen LogP contribution >= 0.6 is 7.82 Å². The van der Waals surface area contributed by atoms with Crippen molar-refractivity contribution in [2.75, 3.05) is 19.8 Å². The topological polar surface area (TPSA) is 193 Å². The van der Waals surface area contributed by atoms with Crippen molar-refractivity contribution < 1.29 is 70.8 Å². The van der Waals surface area contributed by atoms with E-state index in [1.165, 1.54) is 64.2 Å². The molecule has 93 heavy (non-hydrogen) atoms. The molecule has 0 spiro atoms. The minimum Gasteiger partial charge on any atom is -0.462 e. The maximum absolute atomic E-state index is 15.0. The number of phosphoric acid groups is 1. The van der Waals surface area contributed by atoms with E-state index in [1.807, 2.05) is 182 Å². The van der Waals surface area contributed by atoms with Crippen LogP contribution in [0.4, 0.5) is 4.79 Å². The third-order valence-corrected chi connectivity index (χ3v) is 17.3. The molecule has 16 nitrogen and oxygen atoms in total. The van der Waals surface area contributed by atoms with Crippen molar-refractivity contribution in [1.29, 1.82) is 0 Å². The second-order valence-electron chi connectivity index (χ2n) is 23.9. The van der Waals surface area contributed by atoms with Crippen LogP contribution in [-0.2, 0) is 101 Å². The Morgan fingerprint density at radius 3 is 1.06 bits per heavy atom. The first-order chi connectivity index (χ1) is 45.6. The van der Waals surface area contributed by atoms with Gasteiger partial charge >= 0.3 is 25.9 Å². The molecule has 1 aliphatic carbocycles. The van der Waals surface area contributed by atoms with Crippen LogP contribution in [-0.4, -0.2) is 85.4 Å². The molecule has 1 saturated carbocycles. The summed E-state index contributed by atoms with van der Waals surface area (Å²) in [4.78, 5) is 51.4. The number of nitrogens with one attached hydrogen (secondary N) is 1. The van der Waals surface area contributed by atoms with Gasteiger partial charge in [-0.1, -0.05) is 285 Å². The third-order valence-electron chi connectivity index (χ3n) is 16.3. The number of phosphoric ester groups is 1. The lowest BCUT2D eigenvalue weighted by Gasteiger charge is -2.49. The number of alkyl carbamates (subject to hydrolysis) is 1. The summed E-state index contributed by atoms with van der Waals surface area (Å²) in [6.45, 7) is 2.01. The molecule has 8 atom stereocenters. The Bertz CT molecular complexity index is 2870. The van der Waals surface area contributed by atoms with E-state index in [0.29, 0.717) is 32.2 Å². The normalized spacial score (nSPS) is 18.0. The van der Waals surface area contributed by atoms with Gasteiger partial charge in [-0.05, 0) is 52.6 Å². The van der Waals surface area contributed by atoms with Gasteiger partial charge in [0.2, 0.25) is 0 Å². The Morgan fingerprint density at radius 1 is 0.387 bits per heavy atom. The minimum absolute atomic E-state index is 0.0307. The quantitative estimate of drug-likeness (QED) is 0.0158. The summed E-state index contributed by atoms with van der Waals surface area (Å²) < 4.78 is 79.1. The molecule has 7 rings (SSSR count). The number of amides is 1. The van der Waals surface area contributed by atoms with Gasteiger partial charge in [0.1, 0.15) is 49.8 Å². The highest BCUT2D eigenvalue weighted by molar-refractivity contribution is 7.47. The van der Waals surface area contributed by atoms with Crippen LogP contribution in [0.1, 0.15) is 169 Å². The third kappa shape index (κ3) is 29.7. The predicted octanol–water partition coefficient (Wildman–Crippen LogP) is 16.6. The van der Waals surface area contributed by atoms with Crippen LogP contribution in [0, 0.1) is 0 Å². The standard InChI is InChI=1S/C76H100NO15P/c1-2-3-4-5-6-7-8-9-10-11-12-13-14-15-35-51-69(79)91-67(59-83-68(78)50-36-22-37-52-77-76(80)89-58-66-48-33-21-34-49-66)60-90-93(81,82)92-75-73(87-56-64-44-29-19-30-45-64)71(85-54-62-40-25-17-26-41-62)70(84-53-61-38-23-16-24-39-61)72(86-55-63-42-27-18-28-43-63)74(75)88-57-65-46-31-20-32-47-65/h16-21,23-34,38-49,67,70-75H,2-15,22,35-37,50-60H2,1H3,(H,77,80)(H,81,82)/t67-,70?,71-,72+,73-,74-,75?/m1/s1. The van der Waals surface area contributed by atoms with Gasteiger partial charge in [0, 0.05) is 19.4 Å². The van der Waals surface area contributed by atoms with Crippen LogP contribution in [0.25, 0.3) is 0 Å². The molecule has 17 heteroatoms. The summed E-state index contributed by atoms with van der Waals surface area (Å²) in [7, 11) is -5.25. The first kappa shape index (κ1) is 73.8. The lowest BCUT2D eigenvalue weighted by molar-refractivity contribution is -0.280. The highest BCUT2D eigenvalue weighted by Gasteiger charge is 2.57. The molecule has 1 amide bonds. The van der Waals surface area contributed by atoms with E-state index < -0.39 is 81.8 Å². The summed E-state index contributed by atoms with van der Waals surface area (Å²) in [6, 6.07) is 57.4. The molecule has 2 N–H and O–H groups in total. The van der Waals surface area contributed by atoms with Gasteiger partial charge < -0.3 is 48.1 Å². The van der Waals surface area contributed by atoms with Gasteiger partial charge in [0.05, 0.1) is 39.6 Å². The van der Waals surface area contributed by atoms with Gasteiger partial charge in [-0.3, -0.25) is 18.6 Å². The zero-order valence-electron chi connectivity index (χ0n) is 54.5. The highest BCUT2D eigenvalue weighted by Crippen LogP contribution is 2.49. The van der Waals surface area contributed by atoms with Crippen LogP contribution in [0.5, 0.6) is 0 Å². The first-order valence-electron chi connectivity index (χ1n) is 33.9. The van der Waals surface area contributed by atoms with E-state index in [-0.39, 0.29) is 52.5 Å². The number of esters is 2.